The van der Waals surface area contributed by atoms with Crippen molar-refractivity contribution in [3.05, 3.63) is 83.7 Å². The number of carbonyl (C=O) groups excluding carboxylic acids is 1. The number of nitrogens with one attached hydrogen (secondary N) is 2. The smallest absolute Gasteiger partial charge is 0.262 e. The zero-order valence-electron chi connectivity index (χ0n) is 19.6. The number of hydrogen-bond donors (Lipinski definition) is 2. The third-order valence-corrected chi connectivity index (χ3v) is 7.63. The summed E-state index contributed by atoms with van der Waals surface area (Å²) in [6, 6.07) is 17.7. The number of carbonyl (C=O) groups is 1. The average molecular weight is 498 g/mol. The molecule has 1 aliphatic rings. The van der Waals surface area contributed by atoms with Crippen LogP contribution in [0.15, 0.2) is 71.6 Å². The zero-order valence-corrected chi connectivity index (χ0v) is 20.4. The second-order valence-corrected chi connectivity index (χ2v) is 10.2. The lowest BCUT2D eigenvalue weighted by Crippen LogP contribution is -2.31. The van der Waals surface area contributed by atoms with E-state index in [2.05, 4.69) is 14.9 Å². The maximum Gasteiger partial charge on any atom is 0.262 e. The van der Waals surface area contributed by atoms with E-state index in [0.717, 1.165) is 25.2 Å². The van der Waals surface area contributed by atoms with Gasteiger partial charge in [-0.25, -0.2) is 12.8 Å². The highest BCUT2D eigenvalue weighted by Crippen LogP contribution is 2.28. The minimum atomic E-state index is -3.95. The van der Waals surface area contributed by atoms with Crippen LogP contribution >= 0.6 is 0 Å². The molecule has 9 heteroatoms. The molecule has 1 amide bonds. The highest BCUT2D eigenvalue weighted by atomic mass is 32.2. The van der Waals surface area contributed by atoms with E-state index in [4.69, 9.17) is 4.74 Å². The maximum atomic E-state index is 13.2. The van der Waals surface area contributed by atoms with Crippen LogP contribution < -0.4 is 19.7 Å². The Bertz CT molecular complexity index is 1310. The quantitative estimate of drug-likeness (QED) is 0.487. The molecule has 2 N–H and O–H groups in total. The van der Waals surface area contributed by atoms with Gasteiger partial charge in [0.15, 0.2) is 0 Å². The molecule has 7 nitrogen and oxygen atoms in total. The Morgan fingerprint density at radius 1 is 1.11 bits per heavy atom. The molecule has 1 atom stereocenters. The molecule has 0 bridgehead atoms. The first-order valence-corrected chi connectivity index (χ1v) is 12.8. The first-order chi connectivity index (χ1) is 16.8. The standard InChI is InChI=1S/C26H28FN3O4S/c1-18-7-8-20(15-25(18)35(32,33)29-23-5-3-4-6-24(23)34-2)26(31)28-16-19-13-14-30(17-19)22-11-9-21(27)10-12-22/h3-12,15,19,29H,13-14,16-17H2,1-2H3,(H,28,31). The van der Waals surface area contributed by atoms with Crippen LogP contribution in [0.3, 0.4) is 0 Å². The third-order valence-electron chi connectivity index (χ3n) is 6.12. The van der Waals surface area contributed by atoms with Crippen molar-refractivity contribution in [3.8, 4) is 5.75 Å². The van der Waals surface area contributed by atoms with E-state index in [1.807, 2.05) is 0 Å². The largest absolute Gasteiger partial charge is 0.495 e. The van der Waals surface area contributed by atoms with Crippen LogP contribution in [0.2, 0.25) is 0 Å². The Balaban J connectivity index is 1.41. The summed E-state index contributed by atoms with van der Waals surface area (Å²) in [6.07, 6.45) is 0.897. The zero-order chi connectivity index (χ0) is 25.0. The molecule has 1 unspecified atom stereocenters. The van der Waals surface area contributed by atoms with Gasteiger partial charge in [0.25, 0.3) is 15.9 Å². The maximum absolute atomic E-state index is 13.2. The number of aryl methyl sites for hydroxylation is 1. The van der Waals surface area contributed by atoms with Crippen LogP contribution in [0.1, 0.15) is 22.3 Å². The van der Waals surface area contributed by atoms with Crippen LogP contribution in [0, 0.1) is 18.7 Å². The first kappa shape index (κ1) is 24.5. The van der Waals surface area contributed by atoms with E-state index in [-0.39, 0.29) is 28.1 Å². The summed E-state index contributed by atoms with van der Waals surface area (Å²) in [6.45, 7) is 3.73. The van der Waals surface area contributed by atoms with Gasteiger partial charge in [-0.15, -0.1) is 0 Å². The van der Waals surface area contributed by atoms with Crippen molar-refractivity contribution < 1.29 is 22.3 Å². The summed E-state index contributed by atoms with van der Waals surface area (Å²) >= 11 is 0. The normalized spacial score (nSPS) is 15.6. The number of anilines is 2. The monoisotopic (exact) mass is 497 g/mol. The van der Waals surface area contributed by atoms with E-state index in [0.29, 0.717) is 23.5 Å². The summed E-state index contributed by atoms with van der Waals surface area (Å²) in [7, 11) is -2.48. The Kier molecular flexibility index (Phi) is 7.25. The molecule has 4 rings (SSSR count). The number of rotatable bonds is 8. The molecule has 0 radical (unpaired) electrons. The summed E-state index contributed by atoms with van der Waals surface area (Å²) in [5, 5.41) is 2.93. The van der Waals surface area contributed by atoms with Crippen LogP contribution in [0.25, 0.3) is 0 Å². The Morgan fingerprint density at radius 2 is 1.86 bits per heavy atom. The van der Waals surface area contributed by atoms with Gasteiger partial charge in [0.2, 0.25) is 0 Å². The summed E-state index contributed by atoms with van der Waals surface area (Å²) < 4.78 is 47.2. The van der Waals surface area contributed by atoms with Gasteiger partial charge >= 0.3 is 0 Å². The fourth-order valence-corrected chi connectivity index (χ4v) is 5.53. The topological polar surface area (TPSA) is 87.7 Å². The number of methoxy groups -OCH3 is 1. The molecule has 1 heterocycles. The molecule has 0 saturated carbocycles. The summed E-state index contributed by atoms with van der Waals surface area (Å²) in [5.74, 6) is 0.0343. The molecule has 0 aromatic heterocycles. The van der Waals surface area contributed by atoms with E-state index in [1.165, 1.54) is 25.3 Å². The highest BCUT2D eigenvalue weighted by molar-refractivity contribution is 7.92. The molecule has 184 valence electrons. The van der Waals surface area contributed by atoms with E-state index in [9.17, 15) is 17.6 Å². The molecule has 35 heavy (non-hydrogen) atoms. The second-order valence-electron chi connectivity index (χ2n) is 8.57. The van der Waals surface area contributed by atoms with Gasteiger partial charge < -0.3 is 15.0 Å². The molecular weight excluding hydrogens is 469 g/mol. The molecule has 3 aromatic carbocycles. The second kappa shape index (κ2) is 10.4. The van der Waals surface area contributed by atoms with E-state index in [1.54, 1.807) is 55.5 Å². The van der Waals surface area contributed by atoms with Gasteiger partial charge in [-0.2, -0.15) is 0 Å². The summed E-state index contributed by atoms with van der Waals surface area (Å²) in [4.78, 5) is 15.0. The van der Waals surface area contributed by atoms with Crippen LogP contribution in [0.5, 0.6) is 5.75 Å². The van der Waals surface area contributed by atoms with E-state index >= 15 is 0 Å². The summed E-state index contributed by atoms with van der Waals surface area (Å²) in [5.41, 5.74) is 2.06. The average Bonchev–Trinajstić information content (AvgIpc) is 3.32. The van der Waals surface area contributed by atoms with Crippen molar-refractivity contribution in [1.29, 1.82) is 0 Å². The van der Waals surface area contributed by atoms with Crippen molar-refractivity contribution in [2.24, 2.45) is 5.92 Å². The molecule has 0 spiro atoms. The van der Waals surface area contributed by atoms with Gasteiger partial charge in [0.05, 0.1) is 17.7 Å². The molecule has 1 aliphatic heterocycles. The lowest BCUT2D eigenvalue weighted by atomic mass is 10.1. The number of amides is 1. The molecule has 0 aliphatic carbocycles. The van der Waals surface area contributed by atoms with Crippen molar-refractivity contribution in [2.75, 3.05) is 36.4 Å². The van der Waals surface area contributed by atoms with Gasteiger partial charge in [-0.1, -0.05) is 18.2 Å². The number of nitrogens with zero attached hydrogens (tertiary/aromatic N) is 1. The van der Waals surface area contributed by atoms with Crippen LogP contribution in [0.4, 0.5) is 15.8 Å². The van der Waals surface area contributed by atoms with Crippen molar-refractivity contribution >= 4 is 27.3 Å². The van der Waals surface area contributed by atoms with Gasteiger partial charge in [0, 0.05) is 30.9 Å². The minimum absolute atomic E-state index is 0.0272. The number of hydrogen-bond acceptors (Lipinski definition) is 5. The van der Waals surface area contributed by atoms with E-state index < -0.39 is 10.0 Å². The fourth-order valence-electron chi connectivity index (χ4n) is 4.18. The number of sulfonamides is 1. The van der Waals surface area contributed by atoms with Gasteiger partial charge in [-0.3, -0.25) is 9.52 Å². The predicted octanol–water partition coefficient (Wildman–Crippen LogP) is 4.20. The lowest BCUT2D eigenvalue weighted by Gasteiger charge is -2.19. The minimum Gasteiger partial charge on any atom is -0.495 e. The van der Waals surface area contributed by atoms with Crippen LogP contribution in [-0.4, -0.2) is 41.1 Å². The van der Waals surface area contributed by atoms with Gasteiger partial charge in [-0.05, 0) is 73.4 Å². The predicted molar refractivity (Wildman–Crippen MR) is 134 cm³/mol. The highest BCUT2D eigenvalue weighted by Gasteiger charge is 2.24. The first-order valence-electron chi connectivity index (χ1n) is 11.3. The van der Waals surface area contributed by atoms with Crippen molar-refractivity contribution in [3.63, 3.8) is 0 Å². The third kappa shape index (κ3) is 5.74. The molecule has 1 saturated heterocycles. The number of benzene rings is 3. The number of para-hydroxylation sites is 2. The number of ether oxygens (including phenoxy) is 1. The Labute approximate surface area is 205 Å². The molecular formula is C26H28FN3O4S. The fraction of sp³-hybridized carbons (Fsp3) is 0.269. The number of halogens is 1. The molecule has 1 fully saturated rings. The Morgan fingerprint density at radius 3 is 2.60 bits per heavy atom. The van der Waals surface area contributed by atoms with Crippen LogP contribution in [-0.2, 0) is 10.0 Å². The molecule has 3 aromatic rings. The lowest BCUT2D eigenvalue weighted by molar-refractivity contribution is 0.0948. The van der Waals surface area contributed by atoms with Crippen molar-refractivity contribution in [1.82, 2.24) is 5.32 Å². The SMILES string of the molecule is COc1ccccc1NS(=O)(=O)c1cc(C(=O)NCC2CCN(c3ccc(F)cc3)C2)ccc1C. The Hall–Kier alpha value is -3.59. The van der Waals surface area contributed by atoms with Crippen molar-refractivity contribution in [2.45, 2.75) is 18.2 Å². The van der Waals surface area contributed by atoms with Gasteiger partial charge in [0.1, 0.15) is 11.6 Å².